The van der Waals surface area contributed by atoms with Crippen molar-refractivity contribution >= 4 is 39.3 Å². The van der Waals surface area contributed by atoms with E-state index in [-0.39, 0.29) is 16.6 Å². The van der Waals surface area contributed by atoms with E-state index in [1.54, 1.807) is 0 Å². The smallest absolute Gasteiger partial charge is 0.237 e. The zero-order valence-electron chi connectivity index (χ0n) is 18.0. The second-order valence-corrected chi connectivity index (χ2v) is 11.0. The number of aryl methyl sites for hydroxylation is 1. The maximum atomic E-state index is 12.8. The minimum Gasteiger partial charge on any atom is -0.325 e. The van der Waals surface area contributed by atoms with Crippen LogP contribution in [0.5, 0.6) is 0 Å². The molecule has 158 valence electrons. The van der Waals surface area contributed by atoms with Gasteiger partial charge in [-0.3, -0.25) is 4.79 Å². The molecule has 1 aromatic heterocycles. The van der Waals surface area contributed by atoms with E-state index in [0.29, 0.717) is 22.9 Å². The summed E-state index contributed by atoms with van der Waals surface area (Å²) in [6.45, 7) is 8.82. The van der Waals surface area contributed by atoms with Crippen LogP contribution in [0.15, 0.2) is 39.8 Å². The van der Waals surface area contributed by atoms with Gasteiger partial charge in [0, 0.05) is 15.9 Å². The lowest BCUT2D eigenvalue weighted by Gasteiger charge is -2.34. The average Bonchev–Trinajstić information content (AvgIpc) is 2.71. The molecule has 1 aromatic carbocycles. The van der Waals surface area contributed by atoms with Crippen LogP contribution >= 0.6 is 27.7 Å². The third kappa shape index (κ3) is 5.44. The van der Waals surface area contributed by atoms with Crippen LogP contribution in [0.3, 0.4) is 0 Å². The third-order valence-corrected chi connectivity index (χ3v) is 7.62. The first-order chi connectivity index (χ1) is 14.2. The van der Waals surface area contributed by atoms with Crippen LogP contribution < -0.4 is 5.32 Å². The highest BCUT2D eigenvalue weighted by Gasteiger charge is 2.30. The molecular formula is C24H28BrN3OS. The number of hydrogen-bond donors (Lipinski definition) is 1. The summed E-state index contributed by atoms with van der Waals surface area (Å²) in [5.74, 6) is 0.526. The Labute approximate surface area is 192 Å². The summed E-state index contributed by atoms with van der Waals surface area (Å²) in [5, 5.41) is 13.1. The van der Waals surface area contributed by atoms with Gasteiger partial charge in [0.1, 0.15) is 11.1 Å². The number of aromatic nitrogens is 1. The van der Waals surface area contributed by atoms with Crippen molar-refractivity contribution in [3.05, 3.63) is 51.6 Å². The van der Waals surface area contributed by atoms with E-state index in [1.165, 1.54) is 17.3 Å². The molecule has 1 heterocycles. The fourth-order valence-electron chi connectivity index (χ4n) is 3.77. The molecule has 4 nitrogen and oxygen atoms in total. The summed E-state index contributed by atoms with van der Waals surface area (Å²) >= 11 is 4.80. The summed E-state index contributed by atoms with van der Waals surface area (Å²) in [4.78, 5) is 17.7. The molecule has 0 spiro atoms. The number of fused-ring (bicyclic) bond motifs is 1. The summed E-state index contributed by atoms with van der Waals surface area (Å²) < 4.78 is 0.965. The minimum absolute atomic E-state index is 0.0685. The number of nitriles is 1. The summed E-state index contributed by atoms with van der Waals surface area (Å²) in [5.41, 5.74) is 3.85. The third-order valence-electron chi connectivity index (χ3n) is 5.73. The Balaban J connectivity index is 1.78. The summed E-state index contributed by atoms with van der Waals surface area (Å²) in [6.07, 6.45) is 3.66. The van der Waals surface area contributed by atoms with Gasteiger partial charge in [-0.2, -0.15) is 5.26 Å². The molecule has 0 fully saturated rings. The van der Waals surface area contributed by atoms with Gasteiger partial charge < -0.3 is 5.32 Å². The molecule has 30 heavy (non-hydrogen) atoms. The molecular weight excluding hydrogens is 458 g/mol. The largest absolute Gasteiger partial charge is 0.325 e. The van der Waals surface area contributed by atoms with Crippen LogP contribution in [0.4, 0.5) is 5.69 Å². The molecule has 0 aliphatic heterocycles. The monoisotopic (exact) mass is 485 g/mol. The molecule has 0 bridgehead atoms. The number of pyridine rings is 1. The SMILES string of the molecule is CCC(Sc1nc2c(cc1C#N)CC(C(C)(C)C)CC2)C(=O)Nc1ccc(Br)cc1. The molecule has 1 aliphatic rings. The Kier molecular flexibility index (Phi) is 7.26. The zero-order valence-corrected chi connectivity index (χ0v) is 20.4. The summed E-state index contributed by atoms with van der Waals surface area (Å²) in [6, 6.07) is 11.8. The number of rotatable bonds is 5. The Bertz CT molecular complexity index is 960. The van der Waals surface area contributed by atoms with E-state index in [1.807, 2.05) is 37.3 Å². The number of amides is 1. The Morgan fingerprint density at radius 3 is 2.67 bits per heavy atom. The van der Waals surface area contributed by atoms with E-state index in [9.17, 15) is 10.1 Å². The van der Waals surface area contributed by atoms with Crippen LogP contribution in [-0.4, -0.2) is 16.1 Å². The fourth-order valence-corrected chi connectivity index (χ4v) is 5.03. The molecule has 6 heteroatoms. The van der Waals surface area contributed by atoms with Gasteiger partial charge in [0.2, 0.25) is 5.91 Å². The molecule has 0 radical (unpaired) electrons. The molecule has 1 amide bonds. The van der Waals surface area contributed by atoms with Gasteiger partial charge in [-0.15, -0.1) is 0 Å². The average molecular weight is 486 g/mol. The number of thioether (sulfide) groups is 1. The van der Waals surface area contributed by atoms with Gasteiger partial charge >= 0.3 is 0 Å². The van der Waals surface area contributed by atoms with Gasteiger partial charge in [0.15, 0.2) is 0 Å². The molecule has 1 aliphatic carbocycles. The number of nitrogens with zero attached hydrogens (tertiary/aromatic N) is 2. The van der Waals surface area contributed by atoms with E-state index >= 15 is 0 Å². The first-order valence-corrected chi connectivity index (χ1v) is 12.0. The zero-order chi connectivity index (χ0) is 21.9. The van der Waals surface area contributed by atoms with Crippen molar-refractivity contribution in [2.24, 2.45) is 11.3 Å². The van der Waals surface area contributed by atoms with Crippen molar-refractivity contribution in [1.82, 2.24) is 4.98 Å². The number of carbonyl (C=O) groups excluding carboxylic acids is 1. The predicted molar refractivity (Wildman–Crippen MR) is 127 cm³/mol. The normalized spacial score (nSPS) is 17.0. The van der Waals surface area contributed by atoms with Crippen LogP contribution in [0.2, 0.25) is 0 Å². The van der Waals surface area contributed by atoms with Crippen LogP contribution in [0.25, 0.3) is 0 Å². The standard InChI is InChI=1S/C24H28BrN3OS/c1-5-21(22(29)27-19-9-7-18(25)8-10-19)30-23-16(14-26)12-15-13-17(24(2,3)4)6-11-20(15)28-23/h7-10,12,17,21H,5-6,11,13H2,1-4H3,(H,27,29). The first-order valence-electron chi connectivity index (χ1n) is 10.4. The first kappa shape index (κ1) is 22.8. The van der Waals surface area contributed by atoms with Crippen molar-refractivity contribution in [2.45, 2.75) is 63.7 Å². The molecule has 1 N–H and O–H groups in total. The van der Waals surface area contributed by atoms with Gasteiger partial charge in [0.25, 0.3) is 0 Å². The van der Waals surface area contributed by atoms with E-state index in [2.05, 4.69) is 48.1 Å². The lowest BCUT2D eigenvalue weighted by Crippen LogP contribution is -2.28. The lowest BCUT2D eigenvalue weighted by molar-refractivity contribution is -0.115. The van der Waals surface area contributed by atoms with Crippen LogP contribution in [0.1, 0.15) is 57.4 Å². The van der Waals surface area contributed by atoms with Crippen molar-refractivity contribution in [3.8, 4) is 6.07 Å². The highest BCUT2D eigenvalue weighted by atomic mass is 79.9. The number of nitrogens with one attached hydrogen (secondary N) is 1. The fraction of sp³-hybridized carbons (Fsp3) is 0.458. The molecule has 0 saturated carbocycles. The van der Waals surface area contributed by atoms with Gasteiger partial charge in [0.05, 0.1) is 10.8 Å². The molecule has 0 saturated heterocycles. The summed E-state index contributed by atoms with van der Waals surface area (Å²) in [7, 11) is 0. The Hall–Kier alpha value is -1.84. The highest BCUT2D eigenvalue weighted by molar-refractivity contribution is 9.10. The lowest BCUT2D eigenvalue weighted by atomic mass is 9.71. The Morgan fingerprint density at radius 2 is 2.07 bits per heavy atom. The van der Waals surface area contributed by atoms with Crippen LogP contribution in [0, 0.1) is 22.7 Å². The quantitative estimate of drug-likeness (QED) is 0.499. The molecule has 2 aromatic rings. The number of carbonyl (C=O) groups is 1. The number of benzene rings is 1. The van der Waals surface area contributed by atoms with E-state index in [0.717, 1.165) is 35.1 Å². The number of anilines is 1. The van der Waals surface area contributed by atoms with Gasteiger partial charge in [-0.25, -0.2) is 4.98 Å². The van der Waals surface area contributed by atoms with Crippen LogP contribution in [-0.2, 0) is 17.6 Å². The molecule has 2 atom stereocenters. The minimum atomic E-state index is -0.308. The van der Waals surface area contributed by atoms with E-state index < -0.39 is 0 Å². The maximum Gasteiger partial charge on any atom is 0.237 e. The Morgan fingerprint density at radius 1 is 1.37 bits per heavy atom. The second-order valence-electron chi connectivity index (χ2n) is 8.88. The molecule has 2 unspecified atom stereocenters. The van der Waals surface area contributed by atoms with Crippen molar-refractivity contribution in [2.75, 3.05) is 5.32 Å². The van der Waals surface area contributed by atoms with Crippen molar-refractivity contribution in [3.63, 3.8) is 0 Å². The maximum absolute atomic E-state index is 12.8. The second kappa shape index (κ2) is 9.53. The van der Waals surface area contributed by atoms with E-state index in [4.69, 9.17) is 4.98 Å². The number of halogens is 1. The van der Waals surface area contributed by atoms with Gasteiger partial charge in [-0.05, 0) is 72.9 Å². The topological polar surface area (TPSA) is 65.8 Å². The highest BCUT2D eigenvalue weighted by Crippen LogP contribution is 2.38. The number of hydrogen-bond acceptors (Lipinski definition) is 4. The van der Waals surface area contributed by atoms with Crippen molar-refractivity contribution < 1.29 is 4.79 Å². The van der Waals surface area contributed by atoms with Gasteiger partial charge in [-0.1, -0.05) is 55.4 Å². The predicted octanol–water partition coefficient (Wildman–Crippen LogP) is 6.38. The van der Waals surface area contributed by atoms with Crippen molar-refractivity contribution in [1.29, 1.82) is 5.26 Å². The molecule has 3 rings (SSSR count).